The molecule has 0 saturated heterocycles. The molecule has 0 amide bonds. The molecule has 60 valence electrons. The first-order valence-electron chi connectivity index (χ1n) is 2.78. The fourth-order valence-corrected chi connectivity index (χ4v) is 1.67. The predicted molar refractivity (Wildman–Crippen MR) is 45.1 cm³/mol. The molecule has 0 aliphatic rings. The summed E-state index contributed by atoms with van der Waals surface area (Å²) in [7, 11) is 1.30. The Bertz CT molecular complexity index is 284. The van der Waals surface area contributed by atoms with Gasteiger partial charge in [-0.3, -0.25) is 0 Å². The summed E-state index contributed by atoms with van der Waals surface area (Å²) in [6.07, 6.45) is 0. The van der Waals surface area contributed by atoms with Crippen molar-refractivity contribution in [3.63, 3.8) is 0 Å². The average molecular weight is 192 g/mol. The van der Waals surface area contributed by atoms with Crippen LogP contribution in [0.4, 0.5) is 5.00 Å². The maximum Gasteiger partial charge on any atom is 0.340 e. The first-order valence-corrected chi connectivity index (χ1v) is 3.97. The van der Waals surface area contributed by atoms with Gasteiger partial charge in [0.15, 0.2) is 0 Å². The molecule has 1 aromatic heterocycles. The number of hydrogen-bond donors (Lipinski definition) is 1. The van der Waals surface area contributed by atoms with Crippen LogP contribution in [0.1, 0.15) is 10.4 Å². The van der Waals surface area contributed by atoms with E-state index in [0.29, 0.717) is 14.9 Å². The van der Waals surface area contributed by atoms with Crippen LogP contribution in [-0.4, -0.2) is 13.1 Å². The Labute approximate surface area is 72.7 Å². The number of anilines is 1. The van der Waals surface area contributed by atoms with Crippen molar-refractivity contribution in [1.82, 2.24) is 0 Å². The van der Waals surface area contributed by atoms with Gasteiger partial charge in [0.1, 0.15) is 4.34 Å². The number of nitrogen functional groups attached to an aromatic ring is 1. The Hall–Kier alpha value is -0.740. The number of thiophene rings is 1. The van der Waals surface area contributed by atoms with Crippen LogP contribution in [0.15, 0.2) is 6.07 Å². The molecular formula is C6H6ClNO2S. The molecule has 2 N–H and O–H groups in total. The quantitative estimate of drug-likeness (QED) is 0.689. The molecule has 0 bridgehead atoms. The molecule has 0 radical (unpaired) electrons. The summed E-state index contributed by atoms with van der Waals surface area (Å²) in [5.74, 6) is -0.456. The molecular weight excluding hydrogens is 186 g/mol. The van der Waals surface area contributed by atoms with Gasteiger partial charge in [-0.1, -0.05) is 11.6 Å². The van der Waals surface area contributed by atoms with Crippen LogP contribution >= 0.6 is 22.9 Å². The van der Waals surface area contributed by atoms with E-state index in [4.69, 9.17) is 17.3 Å². The summed E-state index contributed by atoms with van der Waals surface area (Å²) in [4.78, 5) is 10.9. The third-order valence-corrected chi connectivity index (χ3v) is 2.30. The van der Waals surface area contributed by atoms with Crippen LogP contribution in [0.25, 0.3) is 0 Å². The standard InChI is InChI=1S/C6H6ClNO2S/c1-10-6(9)3-2-4(8)11-5(3)7/h2H,8H2,1H3. The second-order valence-electron chi connectivity index (χ2n) is 1.83. The normalized spacial score (nSPS) is 9.64. The Morgan fingerprint density at radius 2 is 2.45 bits per heavy atom. The van der Waals surface area contributed by atoms with Crippen molar-refractivity contribution in [2.45, 2.75) is 0 Å². The molecule has 5 heteroatoms. The van der Waals surface area contributed by atoms with Crippen molar-refractivity contribution in [3.05, 3.63) is 16.0 Å². The average Bonchev–Trinajstić information content (AvgIpc) is 2.28. The molecule has 11 heavy (non-hydrogen) atoms. The van der Waals surface area contributed by atoms with E-state index in [-0.39, 0.29) is 0 Å². The minimum atomic E-state index is -0.456. The monoisotopic (exact) mass is 191 g/mol. The molecule has 0 fully saturated rings. The maximum atomic E-state index is 10.9. The lowest BCUT2D eigenvalue weighted by Crippen LogP contribution is -1.99. The number of carbonyl (C=O) groups excluding carboxylic acids is 1. The highest BCUT2D eigenvalue weighted by molar-refractivity contribution is 7.20. The van der Waals surface area contributed by atoms with Gasteiger partial charge in [0, 0.05) is 0 Å². The van der Waals surface area contributed by atoms with Crippen LogP contribution < -0.4 is 5.73 Å². The lowest BCUT2D eigenvalue weighted by Gasteiger charge is -1.93. The van der Waals surface area contributed by atoms with Gasteiger partial charge >= 0.3 is 5.97 Å². The maximum absolute atomic E-state index is 10.9. The van der Waals surface area contributed by atoms with E-state index in [2.05, 4.69) is 4.74 Å². The Morgan fingerprint density at radius 3 is 2.82 bits per heavy atom. The van der Waals surface area contributed by atoms with Gasteiger partial charge in [-0.15, -0.1) is 11.3 Å². The number of ether oxygens (including phenoxy) is 1. The van der Waals surface area contributed by atoms with Gasteiger partial charge < -0.3 is 10.5 Å². The van der Waals surface area contributed by atoms with Crippen molar-refractivity contribution < 1.29 is 9.53 Å². The molecule has 0 atom stereocenters. The van der Waals surface area contributed by atoms with Gasteiger partial charge in [0.05, 0.1) is 17.7 Å². The fourth-order valence-electron chi connectivity index (χ4n) is 0.636. The number of hydrogen-bond acceptors (Lipinski definition) is 4. The summed E-state index contributed by atoms with van der Waals surface area (Å²) in [6.45, 7) is 0. The largest absolute Gasteiger partial charge is 0.465 e. The molecule has 3 nitrogen and oxygen atoms in total. The number of nitrogens with two attached hydrogens (primary N) is 1. The van der Waals surface area contributed by atoms with Crippen LogP contribution in [0.5, 0.6) is 0 Å². The third-order valence-electron chi connectivity index (χ3n) is 1.11. The Balaban J connectivity index is 3.03. The number of esters is 1. The van der Waals surface area contributed by atoms with Crippen molar-refractivity contribution in [2.75, 3.05) is 12.8 Å². The highest BCUT2D eigenvalue weighted by atomic mass is 35.5. The van der Waals surface area contributed by atoms with E-state index in [9.17, 15) is 4.79 Å². The lowest BCUT2D eigenvalue weighted by molar-refractivity contribution is 0.0601. The number of rotatable bonds is 1. The predicted octanol–water partition coefficient (Wildman–Crippen LogP) is 1.77. The van der Waals surface area contributed by atoms with Gasteiger partial charge in [0.25, 0.3) is 0 Å². The lowest BCUT2D eigenvalue weighted by atomic mass is 10.3. The van der Waals surface area contributed by atoms with Crippen molar-refractivity contribution in [2.24, 2.45) is 0 Å². The molecule has 0 spiro atoms. The molecule has 0 aromatic carbocycles. The van der Waals surface area contributed by atoms with E-state index in [0.717, 1.165) is 11.3 Å². The van der Waals surface area contributed by atoms with Gasteiger partial charge in [-0.2, -0.15) is 0 Å². The van der Waals surface area contributed by atoms with E-state index < -0.39 is 5.97 Å². The van der Waals surface area contributed by atoms with E-state index in [1.54, 1.807) is 0 Å². The first-order chi connectivity index (χ1) is 5.15. The molecule has 0 unspecified atom stereocenters. The minimum Gasteiger partial charge on any atom is -0.465 e. The highest BCUT2D eigenvalue weighted by Gasteiger charge is 2.13. The summed E-state index contributed by atoms with van der Waals surface area (Å²) in [6, 6.07) is 1.50. The van der Waals surface area contributed by atoms with E-state index in [1.165, 1.54) is 13.2 Å². The van der Waals surface area contributed by atoms with Crippen LogP contribution in [0.3, 0.4) is 0 Å². The van der Waals surface area contributed by atoms with E-state index in [1.807, 2.05) is 0 Å². The van der Waals surface area contributed by atoms with Crippen LogP contribution in [0, 0.1) is 0 Å². The minimum absolute atomic E-state index is 0.330. The van der Waals surface area contributed by atoms with Crippen LogP contribution in [0.2, 0.25) is 4.34 Å². The summed E-state index contributed by atoms with van der Waals surface area (Å²) in [5.41, 5.74) is 5.73. The smallest absolute Gasteiger partial charge is 0.340 e. The van der Waals surface area contributed by atoms with Crippen molar-refractivity contribution in [3.8, 4) is 0 Å². The van der Waals surface area contributed by atoms with Crippen molar-refractivity contribution >= 4 is 33.9 Å². The highest BCUT2D eigenvalue weighted by Crippen LogP contribution is 2.29. The zero-order chi connectivity index (χ0) is 8.43. The van der Waals surface area contributed by atoms with Crippen molar-refractivity contribution in [1.29, 1.82) is 0 Å². The number of methoxy groups -OCH3 is 1. The number of halogens is 1. The second kappa shape index (κ2) is 3.11. The molecule has 0 aliphatic carbocycles. The first kappa shape index (κ1) is 8.36. The molecule has 0 saturated carbocycles. The fraction of sp³-hybridized carbons (Fsp3) is 0.167. The SMILES string of the molecule is COC(=O)c1cc(N)sc1Cl. The molecule has 0 aliphatic heterocycles. The second-order valence-corrected chi connectivity index (χ2v) is 3.51. The molecule has 1 heterocycles. The zero-order valence-corrected chi connectivity index (χ0v) is 7.33. The van der Waals surface area contributed by atoms with Gasteiger partial charge in [-0.25, -0.2) is 4.79 Å². The van der Waals surface area contributed by atoms with Gasteiger partial charge in [-0.05, 0) is 6.07 Å². The molecule has 1 rings (SSSR count). The number of carbonyl (C=O) groups is 1. The van der Waals surface area contributed by atoms with Gasteiger partial charge in [0.2, 0.25) is 0 Å². The van der Waals surface area contributed by atoms with E-state index >= 15 is 0 Å². The Kier molecular flexibility index (Phi) is 2.36. The summed E-state index contributed by atoms with van der Waals surface area (Å²) in [5, 5.41) is 0.510. The summed E-state index contributed by atoms with van der Waals surface area (Å²) < 4.78 is 4.83. The zero-order valence-electron chi connectivity index (χ0n) is 5.76. The van der Waals surface area contributed by atoms with Crippen LogP contribution in [-0.2, 0) is 4.74 Å². The Morgan fingerprint density at radius 1 is 1.82 bits per heavy atom. The molecule has 1 aromatic rings. The third kappa shape index (κ3) is 1.64. The topological polar surface area (TPSA) is 52.3 Å². The summed E-state index contributed by atoms with van der Waals surface area (Å²) >= 11 is 6.81.